The number of carbonyl (C=O) groups excluding carboxylic acids is 1. The molecule has 30 heavy (non-hydrogen) atoms. The zero-order chi connectivity index (χ0) is 21.1. The topological polar surface area (TPSA) is 101 Å². The first kappa shape index (κ1) is 19.2. The van der Waals surface area contributed by atoms with Gasteiger partial charge in [0.15, 0.2) is 0 Å². The van der Waals surface area contributed by atoms with Crippen molar-refractivity contribution in [2.75, 3.05) is 12.4 Å². The summed E-state index contributed by atoms with van der Waals surface area (Å²) >= 11 is 0. The monoisotopic (exact) mass is 398 g/mol. The molecule has 0 saturated carbocycles. The average Bonchev–Trinajstić information content (AvgIpc) is 3.15. The van der Waals surface area contributed by atoms with Crippen LogP contribution in [0.1, 0.15) is 21.6 Å². The van der Waals surface area contributed by atoms with Gasteiger partial charge in [-0.15, -0.1) is 0 Å². The van der Waals surface area contributed by atoms with Crippen LogP contribution < -0.4 is 10.1 Å². The maximum atomic E-state index is 13.1. The van der Waals surface area contributed by atoms with Crippen LogP contribution >= 0.6 is 0 Å². The van der Waals surface area contributed by atoms with Gasteiger partial charge < -0.3 is 14.6 Å². The lowest BCUT2D eigenvalue weighted by molar-refractivity contribution is 0.102. The molecule has 2 heterocycles. The molecule has 2 aromatic heterocycles. The van der Waals surface area contributed by atoms with E-state index in [-0.39, 0.29) is 5.91 Å². The third-order valence-electron chi connectivity index (χ3n) is 4.74. The summed E-state index contributed by atoms with van der Waals surface area (Å²) < 4.78 is 10.5. The molecule has 2 aromatic carbocycles. The molecule has 1 amide bonds. The molecule has 148 valence electrons. The van der Waals surface area contributed by atoms with Gasteiger partial charge >= 0.3 is 0 Å². The van der Waals surface area contributed by atoms with Crippen LogP contribution in [0, 0.1) is 18.3 Å². The van der Waals surface area contributed by atoms with E-state index in [0.29, 0.717) is 40.2 Å². The molecule has 0 unspecified atom stereocenters. The first-order valence-electron chi connectivity index (χ1n) is 9.27. The van der Waals surface area contributed by atoms with E-state index in [1.165, 1.54) is 0 Å². The Morgan fingerprint density at radius 3 is 2.57 bits per heavy atom. The quantitative estimate of drug-likeness (QED) is 0.530. The van der Waals surface area contributed by atoms with Crippen molar-refractivity contribution < 1.29 is 14.1 Å². The van der Waals surface area contributed by atoms with E-state index < -0.39 is 0 Å². The standard InChI is InChI=1S/C23H18N4O3/c1-14-21-19(22(28)25-17-7-3-15(4-8-17)11-12-24)13-20(26-23(21)30-27-14)16-5-9-18(29-2)10-6-16/h3-10,13H,11H2,1-2H3,(H,25,28). The molecular weight excluding hydrogens is 380 g/mol. The number of pyridine rings is 1. The number of methoxy groups -OCH3 is 1. The van der Waals surface area contributed by atoms with E-state index in [1.54, 1.807) is 32.2 Å². The van der Waals surface area contributed by atoms with E-state index in [4.69, 9.17) is 14.5 Å². The zero-order valence-corrected chi connectivity index (χ0v) is 16.5. The van der Waals surface area contributed by atoms with Crippen LogP contribution in [0.25, 0.3) is 22.4 Å². The highest BCUT2D eigenvalue weighted by Crippen LogP contribution is 2.28. The molecule has 0 atom stereocenters. The molecule has 0 aliphatic carbocycles. The number of anilines is 1. The lowest BCUT2D eigenvalue weighted by Gasteiger charge is -2.09. The van der Waals surface area contributed by atoms with E-state index >= 15 is 0 Å². The van der Waals surface area contributed by atoms with E-state index in [2.05, 4.69) is 21.5 Å². The fourth-order valence-corrected chi connectivity index (χ4v) is 3.18. The molecular formula is C23H18N4O3. The van der Waals surface area contributed by atoms with Crippen LogP contribution in [0.15, 0.2) is 59.1 Å². The molecule has 1 N–H and O–H groups in total. The Balaban J connectivity index is 1.71. The Labute approximate surface area is 172 Å². The molecule has 0 bridgehead atoms. The van der Waals surface area contributed by atoms with Gasteiger partial charge in [0.2, 0.25) is 0 Å². The Morgan fingerprint density at radius 2 is 1.90 bits per heavy atom. The van der Waals surface area contributed by atoms with Crippen LogP contribution in [0.2, 0.25) is 0 Å². The summed E-state index contributed by atoms with van der Waals surface area (Å²) in [7, 11) is 1.60. The number of benzene rings is 2. The Morgan fingerprint density at radius 1 is 1.17 bits per heavy atom. The minimum Gasteiger partial charge on any atom is -0.497 e. The number of carbonyl (C=O) groups is 1. The lowest BCUT2D eigenvalue weighted by Crippen LogP contribution is -2.13. The summed E-state index contributed by atoms with van der Waals surface area (Å²) in [5.74, 6) is 0.435. The van der Waals surface area contributed by atoms with Gasteiger partial charge in [-0.05, 0) is 55.0 Å². The number of nitriles is 1. The largest absolute Gasteiger partial charge is 0.497 e. The second-order valence-electron chi connectivity index (χ2n) is 6.72. The van der Waals surface area contributed by atoms with Crippen molar-refractivity contribution in [1.82, 2.24) is 10.1 Å². The van der Waals surface area contributed by atoms with Crippen molar-refractivity contribution in [2.24, 2.45) is 0 Å². The van der Waals surface area contributed by atoms with Crippen molar-refractivity contribution in [2.45, 2.75) is 13.3 Å². The predicted octanol–water partition coefficient (Wildman–Crippen LogP) is 4.53. The molecule has 4 aromatic rings. The molecule has 0 spiro atoms. The molecule has 7 nitrogen and oxygen atoms in total. The molecule has 0 aliphatic heterocycles. The van der Waals surface area contributed by atoms with Gasteiger partial charge in [-0.25, -0.2) is 4.98 Å². The average molecular weight is 398 g/mol. The second kappa shape index (κ2) is 8.05. The summed E-state index contributed by atoms with van der Waals surface area (Å²) in [6.45, 7) is 1.77. The van der Waals surface area contributed by atoms with E-state index in [1.807, 2.05) is 36.4 Å². The third-order valence-corrected chi connectivity index (χ3v) is 4.74. The summed E-state index contributed by atoms with van der Waals surface area (Å²) in [6, 6.07) is 18.4. The van der Waals surface area contributed by atoms with Gasteiger partial charge in [0, 0.05) is 11.3 Å². The van der Waals surface area contributed by atoms with Gasteiger partial charge in [0.25, 0.3) is 11.6 Å². The van der Waals surface area contributed by atoms with E-state index in [9.17, 15) is 4.79 Å². The van der Waals surface area contributed by atoms with Crippen molar-refractivity contribution in [1.29, 1.82) is 5.26 Å². The fourth-order valence-electron chi connectivity index (χ4n) is 3.18. The number of nitrogens with zero attached hydrogens (tertiary/aromatic N) is 3. The van der Waals surface area contributed by atoms with Crippen molar-refractivity contribution in [3.63, 3.8) is 0 Å². The number of aromatic nitrogens is 2. The molecule has 0 fully saturated rings. The summed E-state index contributed by atoms with van der Waals surface area (Å²) in [4.78, 5) is 17.6. The third kappa shape index (κ3) is 3.71. The number of hydrogen-bond acceptors (Lipinski definition) is 6. The highest BCUT2D eigenvalue weighted by Gasteiger charge is 2.19. The maximum absolute atomic E-state index is 13.1. The van der Waals surface area contributed by atoms with Gasteiger partial charge in [-0.3, -0.25) is 4.79 Å². The number of hydrogen-bond donors (Lipinski definition) is 1. The number of aryl methyl sites for hydroxylation is 1. The molecule has 0 saturated heterocycles. The molecule has 0 radical (unpaired) electrons. The SMILES string of the molecule is COc1ccc(-c2cc(C(=O)Nc3ccc(CC#N)cc3)c3c(C)noc3n2)cc1. The molecule has 4 rings (SSSR count). The summed E-state index contributed by atoms with van der Waals surface area (Å²) in [6.07, 6.45) is 0.324. The highest BCUT2D eigenvalue weighted by molar-refractivity contribution is 6.13. The van der Waals surface area contributed by atoms with E-state index in [0.717, 1.165) is 16.9 Å². The summed E-state index contributed by atoms with van der Waals surface area (Å²) in [5, 5.41) is 16.2. The smallest absolute Gasteiger partial charge is 0.259 e. The van der Waals surface area contributed by atoms with Gasteiger partial charge in [-0.2, -0.15) is 5.26 Å². The van der Waals surface area contributed by atoms with Gasteiger partial charge in [-0.1, -0.05) is 17.3 Å². The normalized spacial score (nSPS) is 10.6. The maximum Gasteiger partial charge on any atom is 0.259 e. The van der Waals surface area contributed by atoms with Crippen molar-refractivity contribution >= 4 is 22.7 Å². The number of fused-ring (bicyclic) bond motifs is 1. The molecule has 0 aliphatic rings. The Bertz CT molecular complexity index is 1250. The van der Waals surface area contributed by atoms with Crippen LogP contribution in [0.4, 0.5) is 5.69 Å². The van der Waals surface area contributed by atoms with Crippen LogP contribution in [-0.4, -0.2) is 23.2 Å². The van der Waals surface area contributed by atoms with Gasteiger partial charge in [0.05, 0.1) is 41.9 Å². The van der Waals surface area contributed by atoms with Gasteiger partial charge in [0.1, 0.15) is 5.75 Å². The fraction of sp³-hybridized carbons (Fsp3) is 0.130. The van der Waals surface area contributed by atoms with Crippen molar-refractivity contribution in [3.8, 4) is 23.1 Å². The minimum absolute atomic E-state index is 0.295. The highest BCUT2D eigenvalue weighted by atomic mass is 16.5. The lowest BCUT2D eigenvalue weighted by atomic mass is 10.0. The number of rotatable bonds is 5. The Hall–Kier alpha value is -4.18. The van der Waals surface area contributed by atoms with Crippen LogP contribution in [-0.2, 0) is 6.42 Å². The van der Waals surface area contributed by atoms with Crippen LogP contribution in [0.3, 0.4) is 0 Å². The van der Waals surface area contributed by atoms with Crippen molar-refractivity contribution in [3.05, 3.63) is 71.4 Å². The number of amides is 1. The molecule has 7 heteroatoms. The zero-order valence-electron chi connectivity index (χ0n) is 16.5. The number of nitrogens with one attached hydrogen (secondary N) is 1. The predicted molar refractivity (Wildman–Crippen MR) is 112 cm³/mol. The summed E-state index contributed by atoms with van der Waals surface area (Å²) in [5.41, 5.74) is 4.25. The Kier molecular flexibility index (Phi) is 5.14. The first-order valence-corrected chi connectivity index (χ1v) is 9.27. The second-order valence-corrected chi connectivity index (χ2v) is 6.72. The first-order chi connectivity index (χ1) is 14.6. The number of ether oxygens (including phenoxy) is 1. The minimum atomic E-state index is -0.295. The van der Waals surface area contributed by atoms with Crippen LogP contribution in [0.5, 0.6) is 5.75 Å².